The summed E-state index contributed by atoms with van der Waals surface area (Å²) in [7, 11) is 0. The van der Waals surface area contributed by atoms with Crippen LogP contribution in [0.3, 0.4) is 0 Å². The van der Waals surface area contributed by atoms with Gasteiger partial charge in [-0.2, -0.15) is 5.10 Å². The average Bonchev–Trinajstić information content (AvgIpc) is 3.39. The van der Waals surface area contributed by atoms with Crippen LogP contribution in [0.25, 0.3) is 0 Å². The van der Waals surface area contributed by atoms with E-state index in [1.807, 2.05) is 0 Å². The molecular weight excluding hydrogens is 421 g/mol. The Morgan fingerprint density at radius 2 is 2.16 bits per heavy atom. The van der Waals surface area contributed by atoms with E-state index in [0.717, 1.165) is 0 Å². The van der Waals surface area contributed by atoms with Gasteiger partial charge >= 0.3 is 6.09 Å². The van der Waals surface area contributed by atoms with Gasteiger partial charge in [-0.15, -0.1) is 0 Å². The van der Waals surface area contributed by atoms with Crippen molar-refractivity contribution in [3.63, 3.8) is 0 Å². The second kappa shape index (κ2) is 9.08. The lowest BCUT2D eigenvalue weighted by Gasteiger charge is -2.30. The number of carbonyl (C=O) groups is 3. The topological polar surface area (TPSA) is 108 Å². The summed E-state index contributed by atoms with van der Waals surface area (Å²) in [5.41, 5.74) is 0.710. The SMILES string of the molecule is CC(=O)NC[C@H]1CN(c2ccc(N3C=NN(Cc4ccc(C=O)o4)CC3)c(F)c2)C(=O)O1. The predicted octanol–water partition coefficient (Wildman–Crippen LogP) is 1.96. The highest BCUT2D eigenvalue weighted by Gasteiger charge is 2.33. The van der Waals surface area contributed by atoms with Gasteiger partial charge < -0.3 is 19.4 Å². The molecule has 0 radical (unpaired) electrons. The number of carbonyl (C=O) groups excluding carboxylic acids is 3. The number of rotatable bonds is 7. The number of halogens is 1. The minimum atomic E-state index is -0.585. The van der Waals surface area contributed by atoms with E-state index in [2.05, 4.69) is 10.4 Å². The summed E-state index contributed by atoms with van der Waals surface area (Å²) in [6.45, 7) is 3.22. The first kappa shape index (κ1) is 21.3. The zero-order chi connectivity index (χ0) is 22.7. The highest BCUT2D eigenvalue weighted by Crippen LogP contribution is 2.28. The fourth-order valence-electron chi connectivity index (χ4n) is 3.49. The zero-order valence-corrected chi connectivity index (χ0v) is 17.4. The van der Waals surface area contributed by atoms with E-state index < -0.39 is 18.0 Å². The van der Waals surface area contributed by atoms with Crippen molar-refractivity contribution in [3.8, 4) is 0 Å². The largest absolute Gasteiger partial charge is 0.456 e. The minimum absolute atomic E-state index is 0.202. The summed E-state index contributed by atoms with van der Waals surface area (Å²) in [5, 5.41) is 8.67. The first-order valence-electron chi connectivity index (χ1n) is 10.0. The third kappa shape index (κ3) is 4.71. The van der Waals surface area contributed by atoms with Crippen LogP contribution in [0, 0.1) is 5.82 Å². The molecule has 1 N–H and O–H groups in total. The summed E-state index contributed by atoms with van der Waals surface area (Å²) in [6, 6.07) is 7.82. The Bertz CT molecular complexity index is 1050. The van der Waals surface area contributed by atoms with Crippen LogP contribution in [0.4, 0.5) is 20.6 Å². The van der Waals surface area contributed by atoms with Gasteiger partial charge in [-0.1, -0.05) is 0 Å². The van der Waals surface area contributed by atoms with Crippen molar-refractivity contribution in [2.75, 3.05) is 36.0 Å². The number of benzene rings is 1. The molecule has 2 amide bonds. The van der Waals surface area contributed by atoms with Crippen molar-refractivity contribution in [1.29, 1.82) is 0 Å². The van der Waals surface area contributed by atoms with Crippen molar-refractivity contribution < 1.29 is 27.9 Å². The van der Waals surface area contributed by atoms with Gasteiger partial charge in [-0.25, -0.2) is 9.18 Å². The molecule has 3 heterocycles. The first-order valence-corrected chi connectivity index (χ1v) is 10.0. The summed E-state index contributed by atoms with van der Waals surface area (Å²) in [4.78, 5) is 36.9. The standard InChI is InChI=1S/C21H22FN5O5/c1-14(29)23-9-18-11-27(21(30)32-18)15-2-5-20(19(22)8-15)25-6-7-26(24-13-25)10-16-3-4-17(12-28)31-16/h2-5,8,12-13,18H,6-7,9-11H2,1H3,(H,23,29)/t18-/m0/s1. The number of nitrogens with zero attached hydrogens (tertiary/aromatic N) is 4. The Morgan fingerprint density at radius 1 is 1.31 bits per heavy atom. The second-order valence-corrected chi connectivity index (χ2v) is 7.42. The molecule has 1 saturated heterocycles. The van der Waals surface area contributed by atoms with Gasteiger partial charge in [-0.05, 0) is 30.3 Å². The molecule has 168 valence electrons. The monoisotopic (exact) mass is 443 g/mol. The fourth-order valence-corrected chi connectivity index (χ4v) is 3.49. The van der Waals surface area contributed by atoms with Crippen LogP contribution in [0.1, 0.15) is 23.2 Å². The quantitative estimate of drug-likeness (QED) is 0.652. The highest BCUT2D eigenvalue weighted by molar-refractivity contribution is 5.90. The molecule has 0 saturated carbocycles. The number of ether oxygens (including phenoxy) is 1. The number of nitrogens with one attached hydrogen (secondary N) is 1. The van der Waals surface area contributed by atoms with Crippen molar-refractivity contribution in [3.05, 3.63) is 47.7 Å². The van der Waals surface area contributed by atoms with Gasteiger partial charge in [0.05, 0.1) is 37.6 Å². The molecule has 1 fully saturated rings. The van der Waals surface area contributed by atoms with E-state index in [-0.39, 0.29) is 24.8 Å². The van der Waals surface area contributed by atoms with E-state index in [0.29, 0.717) is 43.1 Å². The number of hydrogen-bond donors (Lipinski definition) is 1. The van der Waals surface area contributed by atoms with Gasteiger partial charge in [-0.3, -0.25) is 19.5 Å². The molecule has 1 aromatic carbocycles. The van der Waals surface area contributed by atoms with Crippen LogP contribution in [-0.2, 0) is 16.1 Å². The number of amides is 2. The molecule has 0 spiro atoms. The predicted molar refractivity (Wildman–Crippen MR) is 113 cm³/mol. The van der Waals surface area contributed by atoms with Crippen LogP contribution in [0.15, 0.2) is 39.9 Å². The zero-order valence-electron chi connectivity index (χ0n) is 17.4. The second-order valence-electron chi connectivity index (χ2n) is 7.42. The molecule has 2 aliphatic heterocycles. The minimum Gasteiger partial charge on any atom is -0.456 e. The molecule has 2 aliphatic rings. The van der Waals surface area contributed by atoms with Gasteiger partial charge in [0.2, 0.25) is 5.91 Å². The Hall–Kier alpha value is -3.89. The maximum Gasteiger partial charge on any atom is 0.414 e. The van der Waals surface area contributed by atoms with Gasteiger partial charge in [0, 0.05) is 13.5 Å². The normalized spacial score (nSPS) is 18.1. The fraction of sp³-hybridized carbons (Fsp3) is 0.333. The summed E-state index contributed by atoms with van der Waals surface area (Å²) in [5.74, 6) is 0.157. The average molecular weight is 443 g/mol. The van der Waals surface area contributed by atoms with Crippen LogP contribution in [0.5, 0.6) is 0 Å². The summed E-state index contributed by atoms with van der Waals surface area (Å²) >= 11 is 0. The number of hydrazone groups is 1. The lowest BCUT2D eigenvalue weighted by Crippen LogP contribution is -2.38. The number of hydrogen-bond acceptors (Lipinski definition) is 8. The molecule has 4 rings (SSSR count). The smallest absolute Gasteiger partial charge is 0.414 e. The van der Waals surface area contributed by atoms with Gasteiger partial charge in [0.15, 0.2) is 12.0 Å². The molecule has 2 aromatic rings. The maximum atomic E-state index is 14.9. The van der Waals surface area contributed by atoms with Crippen molar-refractivity contribution in [1.82, 2.24) is 10.3 Å². The van der Waals surface area contributed by atoms with Crippen LogP contribution >= 0.6 is 0 Å². The molecule has 0 bridgehead atoms. The molecule has 11 heteroatoms. The van der Waals surface area contributed by atoms with E-state index in [4.69, 9.17) is 9.15 Å². The third-order valence-electron chi connectivity index (χ3n) is 5.10. The maximum absolute atomic E-state index is 14.9. The lowest BCUT2D eigenvalue weighted by atomic mass is 10.2. The Balaban J connectivity index is 1.39. The number of anilines is 2. The van der Waals surface area contributed by atoms with Crippen molar-refractivity contribution in [2.45, 2.75) is 19.6 Å². The molecule has 1 atom stereocenters. The van der Waals surface area contributed by atoms with Crippen LogP contribution < -0.4 is 15.1 Å². The summed E-state index contributed by atoms with van der Waals surface area (Å²) < 4.78 is 25.4. The van der Waals surface area contributed by atoms with Crippen molar-refractivity contribution in [2.24, 2.45) is 5.10 Å². The number of aldehydes is 1. The Labute approximate surface area is 183 Å². The van der Waals surface area contributed by atoms with E-state index in [9.17, 15) is 18.8 Å². The Kier molecular flexibility index (Phi) is 6.06. The highest BCUT2D eigenvalue weighted by atomic mass is 19.1. The van der Waals surface area contributed by atoms with Gasteiger partial charge in [0.25, 0.3) is 0 Å². The molecule has 0 unspecified atom stereocenters. The van der Waals surface area contributed by atoms with Gasteiger partial charge in [0.1, 0.15) is 24.0 Å². The van der Waals surface area contributed by atoms with Crippen molar-refractivity contribution >= 4 is 36.0 Å². The lowest BCUT2D eigenvalue weighted by molar-refractivity contribution is -0.119. The van der Waals surface area contributed by atoms with Crippen LogP contribution in [-0.4, -0.2) is 61.9 Å². The third-order valence-corrected chi connectivity index (χ3v) is 5.10. The number of cyclic esters (lactones) is 1. The molecule has 0 aliphatic carbocycles. The molecule has 1 aromatic heterocycles. The molecule has 32 heavy (non-hydrogen) atoms. The number of furan rings is 1. The van der Waals surface area contributed by atoms with E-state index in [1.54, 1.807) is 34.2 Å². The van der Waals surface area contributed by atoms with E-state index >= 15 is 0 Å². The van der Waals surface area contributed by atoms with E-state index in [1.165, 1.54) is 24.2 Å². The van der Waals surface area contributed by atoms with Crippen LogP contribution in [0.2, 0.25) is 0 Å². The molecular formula is C21H22FN5O5. The Morgan fingerprint density at radius 3 is 2.81 bits per heavy atom. The first-order chi connectivity index (χ1) is 15.4. The summed E-state index contributed by atoms with van der Waals surface area (Å²) in [6.07, 6.45) is 1.09. The molecule has 10 nitrogen and oxygen atoms in total.